The summed E-state index contributed by atoms with van der Waals surface area (Å²) in [4.78, 5) is 18.7. The Morgan fingerprint density at radius 2 is 2.09 bits per heavy atom. The fourth-order valence-corrected chi connectivity index (χ4v) is 3.17. The number of carbonyl (C=O) groups excluding carboxylic acids is 1. The number of aromatic nitrogens is 1. The largest absolute Gasteiger partial charge is 0.369 e. The van der Waals surface area contributed by atoms with Crippen LogP contribution in [0.5, 0.6) is 0 Å². The number of amides is 1. The summed E-state index contributed by atoms with van der Waals surface area (Å²) in [6.07, 6.45) is 0.953. The summed E-state index contributed by atoms with van der Waals surface area (Å²) >= 11 is 1.43. The molecule has 0 radical (unpaired) electrons. The third-order valence-electron chi connectivity index (χ3n) is 3.60. The van der Waals surface area contributed by atoms with Crippen molar-refractivity contribution in [1.29, 1.82) is 0 Å². The van der Waals surface area contributed by atoms with Crippen molar-refractivity contribution in [3.63, 3.8) is 0 Å². The Kier molecular flexibility index (Phi) is 7.78. The van der Waals surface area contributed by atoms with Crippen LogP contribution >= 0.6 is 36.2 Å². The Labute approximate surface area is 152 Å². The van der Waals surface area contributed by atoms with E-state index >= 15 is 0 Å². The molecular formula is C15H20Cl2N4OS. The van der Waals surface area contributed by atoms with E-state index in [0.717, 1.165) is 24.5 Å². The fourth-order valence-electron chi connectivity index (χ4n) is 2.52. The van der Waals surface area contributed by atoms with Gasteiger partial charge in [-0.25, -0.2) is 4.98 Å². The van der Waals surface area contributed by atoms with Gasteiger partial charge in [-0.05, 0) is 18.6 Å². The third kappa shape index (κ3) is 4.81. The van der Waals surface area contributed by atoms with Crippen LogP contribution in [-0.4, -0.2) is 30.0 Å². The molecular weight excluding hydrogens is 355 g/mol. The first-order valence-electron chi connectivity index (χ1n) is 7.01. The lowest BCUT2D eigenvalue weighted by molar-refractivity contribution is 0.0936. The molecule has 1 aliphatic rings. The third-order valence-corrected chi connectivity index (χ3v) is 4.47. The SMILES string of the molecule is Cl.Cl.NCc1nc(C(=O)NC2CCN(c3ccccc3)C2)cs1. The molecule has 2 heterocycles. The second-order valence-electron chi connectivity index (χ2n) is 5.07. The lowest BCUT2D eigenvalue weighted by atomic mass is 10.2. The van der Waals surface area contributed by atoms with Gasteiger partial charge in [-0.2, -0.15) is 0 Å². The number of rotatable bonds is 4. The van der Waals surface area contributed by atoms with E-state index in [9.17, 15) is 4.79 Å². The van der Waals surface area contributed by atoms with E-state index in [1.54, 1.807) is 5.38 Å². The van der Waals surface area contributed by atoms with Gasteiger partial charge in [0.2, 0.25) is 0 Å². The molecule has 3 N–H and O–H groups in total. The zero-order valence-corrected chi connectivity index (χ0v) is 14.9. The maximum atomic E-state index is 12.1. The summed E-state index contributed by atoms with van der Waals surface area (Å²) in [6, 6.07) is 10.4. The Morgan fingerprint density at radius 1 is 1.35 bits per heavy atom. The molecule has 3 rings (SSSR count). The molecule has 1 aliphatic heterocycles. The van der Waals surface area contributed by atoms with Gasteiger partial charge in [0.05, 0.1) is 0 Å². The molecule has 1 atom stereocenters. The summed E-state index contributed by atoms with van der Waals surface area (Å²) in [7, 11) is 0. The van der Waals surface area contributed by atoms with Crippen LogP contribution in [0.15, 0.2) is 35.7 Å². The number of para-hydroxylation sites is 1. The first-order valence-corrected chi connectivity index (χ1v) is 7.89. The molecule has 1 unspecified atom stereocenters. The highest BCUT2D eigenvalue weighted by Crippen LogP contribution is 2.20. The zero-order valence-electron chi connectivity index (χ0n) is 12.5. The van der Waals surface area contributed by atoms with Gasteiger partial charge >= 0.3 is 0 Å². The van der Waals surface area contributed by atoms with Crippen LogP contribution < -0.4 is 16.0 Å². The van der Waals surface area contributed by atoms with Gasteiger partial charge in [0.25, 0.3) is 5.91 Å². The molecule has 1 amide bonds. The van der Waals surface area contributed by atoms with Crippen LogP contribution in [0.3, 0.4) is 0 Å². The average Bonchev–Trinajstić information content (AvgIpc) is 3.17. The van der Waals surface area contributed by atoms with Gasteiger partial charge in [0.15, 0.2) is 0 Å². The van der Waals surface area contributed by atoms with Gasteiger partial charge < -0.3 is 16.0 Å². The number of benzene rings is 1. The Balaban J connectivity index is 0.00000132. The summed E-state index contributed by atoms with van der Waals surface area (Å²) in [5.74, 6) is -0.106. The summed E-state index contributed by atoms with van der Waals surface area (Å²) in [6.45, 7) is 2.17. The highest BCUT2D eigenvalue weighted by molar-refractivity contribution is 7.09. The number of nitrogens with two attached hydrogens (primary N) is 1. The molecule has 0 spiro atoms. The lowest BCUT2D eigenvalue weighted by Gasteiger charge is -2.18. The first kappa shape index (κ1) is 19.7. The molecule has 0 bridgehead atoms. The average molecular weight is 375 g/mol. The molecule has 126 valence electrons. The van der Waals surface area contributed by atoms with Gasteiger partial charge in [-0.1, -0.05) is 18.2 Å². The van der Waals surface area contributed by atoms with Crippen molar-refractivity contribution in [2.45, 2.75) is 19.0 Å². The van der Waals surface area contributed by atoms with Gasteiger partial charge in [-0.3, -0.25) is 4.79 Å². The highest BCUT2D eigenvalue weighted by atomic mass is 35.5. The van der Waals surface area contributed by atoms with E-state index in [1.165, 1.54) is 17.0 Å². The monoisotopic (exact) mass is 374 g/mol. The molecule has 1 aromatic heterocycles. The highest BCUT2D eigenvalue weighted by Gasteiger charge is 2.25. The normalized spacial score (nSPS) is 16.4. The molecule has 1 saturated heterocycles. The first-order chi connectivity index (χ1) is 10.3. The maximum Gasteiger partial charge on any atom is 0.271 e. The second kappa shape index (κ2) is 9.08. The summed E-state index contributed by atoms with van der Waals surface area (Å²) in [5, 5.41) is 5.61. The number of hydrogen-bond acceptors (Lipinski definition) is 5. The van der Waals surface area contributed by atoms with Crippen LogP contribution in [0.25, 0.3) is 0 Å². The van der Waals surface area contributed by atoms with E-state index in [1.807, 2.05) is 18.2 Å². The Hall–Kier alpha value is -1.34. The summed E-state index contributed by atoms with van der Waals surface area (Å²) in [5.41, 5.74) is 7.19. The van der Waals surface area contributed by atoms with E-state index in [-0.39, 0.29) is 36.8 Å². The topological polar surface area (TPSA) is 71.2 Å². The number of carbonyl (C=O) groups is 1. The predicted molar refractivity (Wildman–Crippen MR) is 99.0 cm³/mol. The van der Waals surface area contributed by atoms with Crippen molar-refractivity contribution in [2.75, 3.05) is 18.0 Å². The van der Waals surface area contributed by atoms with Crippen molar-refractivity contribution in [1.82, 2.24) is 10.3 Å². The number of thiazole rings is 1. The standard InChI is InChI=1S/C15H18N4OS.2ClH/c16-8-14-18-13(10-21-14)15(20)17-11-6-7-19(9-11)12-4-2-1-3-5-12;;/h1-5,10-11H,6-9,16H2,(H,17,20);2*1H. The molecule has 23 heavy (non-hydrogen) atoms. The van der Waals surface area contributed by atoms with Gasteiger partial charge in [0.1, 0.15) is 10.7 Å². The minimum Gasteiger partial charge on any atom is -0.369 e. The van der Waals surface area contributed by atoms with Crippen LogP contribution in [-0.2, 0) is 6.54 Å². The molecule has 2 aromatic rings. The molecule has 1 aromatic carbocycles. The van der Waals surface area contributed by atoms with Crippen molar-refractivity contribution in [3.05, 3.63) is 46.4 Å². The van der Waals surface area contributed by atoms with Crippen LogP contribution in [0.2, 0.25) is 0 Å². The van der Waals surface area contributed by atoms with Crippen LogP contribution in [0, 0.1) is 0 Å². The Morgan fingerprint density at radius 3 is 2.74 bits per heavy atom. The van der Waals surface area contributed by atoms with E-state index in [2.05, 4.69) is 27.3 Å². The summed E-state index contributed by atoms with van der Waals surface area (Å²) < 4.78 is 0. The van der Waals surface area contributed by atoms with Crippen LogP contribution in [0.1, 0.15) is 21.9 Å². The van der Waals surface area contributed by atoms with Crippen molar-refractivity contribution >= 4 is 47.7 Å². The van der Waals surface area contributed by atoms with E-state index in [4.69, 9.17) is 5.73 Å². The molecule has 8 heteroatoms. The molecule has 1 fully saturated rings. The predicted octanol–water partition coefficient (Wildman–Crippen LogP) is 2.45. The van der Waals surface area contributed by atoms with Crippen molar-refractivity contribution in [3.8, 4) is 0 Å². The number of nitrogens with one attached hydrogen (secondary N) is 1. The molecule has 0 aliphatic carbocycles. The molecule has 0 saturated carbocycles. The lowest BCUT2D eigenvalue weighted by Crippen LogP contribution is -2.37. The second-order valence-corrected chi connectivity index (χ2v) is 6.01. The Bertz CT molecular complexity index is 623. The van der Waals surface area contributed by atoms with E-state index in [0.29, 0.717) is 12.2 Å². The number of hydrogen-bond donors (Lipinski definition) is 2. The molecule has 5 nitrogen and oxygen atoms in total. The minimum absolute atomic E-state index is 0. The minimum atomic E-state index is -0.106. The van der Waals surface area contributed by atoms with Gasteiger partial charge in [-0.15, -0.1) is 36.2 Å². The zero-order chi connectivity index (χ0) is 14.7. The number of anilines is 1. The number of halogens is 2. The van der Waals surface area contributed by atoms with Gasteiger partial charge in [0, 0.05) is 36.7 Å². The maximum absolute atomic E-state index is 12.1. The quantitative estimate of drug-likeness (QED) is 0.861. The number of nitrogens with zero attached hydrogens (tertiary/aromatic N) is 2. The van der Waals surface area contributed by atoms with E-state index < -0.39 is 0 Å². The fraction of sp³-hybridized carbons (Fsp3) is 0.333. The van der Waals surface area contributed by atoms with Crippen LogP contribution in [0.4, 0.5) is 5.69 Å². The smallest absolute Gasteiger partial charge is 0.271 e. The van der Waals surface area contributed by atoms with Crippen molar-refractivity contribution in [2.24, 2.45) is 5.73 Å². The van der Waals surface area contributed by atoms with Crippen molar-refractivity contribution < 1.29 is 4.79 Å².